The van der Waals surface area contributed by atoms with Crippen molar-refractivity contribution in [1.82, 2.24) is 0 Å². The molecule has 12 heavy (non-hydrogen) atoms. The monoisotopic (exact) mass is 169 g/mol. The number of rotatable bonds is 3. The molecule has 0 aliphatic heterocycles. The van der Waals surface area contributed by atoms with Crippen molar-refractivity contribution in [2.45, 2.75) is 57.8 Å². The highest BCUT2D eigenvalue weighted by Gasteiger charge is 2.10. The van der Waals surface area contributed by atoms with Crippen LogP contribution < -0.4 is 0 Å². The van der Waals surface area contributed by atoms with Crippen LogP contribution in [0.4, 0.5) is 0 Å². The van der Waals surface area contributed by atoms with Gasteiger partial charge >= 0.3 is 0 Å². The van der Waals surface area contributed by atoms with E-state index in [1.165, 1.54) is 51.4 Å². The zero-order valence-corrected chi connectivity index (χ0v) is 8.06. The van der Waals surface area contributed by atoms with Crippen LogP contribution in [0.1, 0.15) is 57.8 Å². The third-order valence-electron chi connectivity index (χ3n) is 2.98. The number of hydrogen-bond acceptors (Lipinski definition) is 0. The van der Waals surface area contributed by atoms with Crippen molar-refractivity contribution >= 4 is 0 Å². The molecule has 0 aromatic carbocycles. The molecule has 1 fully saturated rings. The Morgan fingerprint density at radius 2 is 1.50 bits per heavy atom. The Hall–Kier alpha value is -0.0400. The van der Waals surface area contributed by atoms with Gasteiger partial charge in [0.1, 0.15) is 0 Å². The second-order valence-corrected chi connectivity index (χ2v) is 4.06. The molecule has 1 saturated carbocycles. The average molecular weight is 169 g/mol. The first-order valence-electron chi connectivity index (χ1n) is 5.51. The lowest BCUT2D eigenvalue weighted by molar-refractivity contribution is 0.177. The maximum absolute atomic E-state index is 10.3. The van der Waals surface area contributed by atoms with Crippen molar-refractivity contribution in [3.63, 3.8) is 0 Å². The van der Waals surface area contributed by atoms with Gasteiger partial charge in [-0.05, 0) is 18.8 Å². The van der Waals surface area contributed by atoms with Gasteiger partial charge in [-0.3, -0.25) is 0 Å². The van der Waals surface area contributed by atoms with E-state index in [4.69, 9.17) is 0 Å². The van der Waals surface area contributed by atoms with Crippen molar-refractivity contribution in [2.75, 3.05) is 6.61 Å². The summed E-state index contributed by atoms with van der Waals surface area (Å²) in [4.78, 5) is 0. The van der Waals surface area contributed by atoms with Crippen LogP contribution in [0.3, 0.4) is 0 Å². The van der Waals surface area contributed by atoms with E-state index >= 15 is 0 Å². The lowest BCUT2D eigenvalue weighted by Gasteiger charge is -2.18. The van der Waals surface area contributed by atoms with Crippen LogP contribution in [0, 0.1) is 5.92 Å². The van der Waals surface area contributed by atoms with E-state index in [0.29, 0.717) is 0 Å². The van der Waals surface area contributed by atoms with Crippen molar-refractivity contribution < 1.29 is 5.11 Å². The van der Waals surface area contributed by atoms with E-state index in [2.05, 4.69) is 0 Å². The lowest BCUT2D eigenvalue weighted by atomic mass is 9.88. The molecule has 1 nitrogen and oxygen atoms in total. The van der Waals surface area contributed by atoms with Crippen LogP contribution in [0.5, 0.6) is 0 Å². The topological polar surface area (TPSA) is 19.9 Å². The van der Waals surface area contributed by atoms with Gasteiger partial charge < -0.3 is 0 Å². The van der Waals surface area contributed by atoms with Crippen LogP contribution in [0.2, 0.25) is 0 Å². The Kier molecular flexibility index (Phi) is 5.42. The fourth-order valence-electron chi connectivity index (χ4n) is 2.20. The van der Waals surface area contributed by atoms with E-state index in [0.717, 1.165) is 12.3 Å². The van der Waals surface area contributed by atoms with Crippen molar-refractivity contribution in [3.05, 3.63) is 0 Å². The largest absolute Gasteiger partial charge is 0.237 e. The molecule has 71 valence electrons. The molecular weight excluding hydrogens is 148 g/mol. The summed E-state index contributed by atoms with van der Waals surface area (Å²) in [6, 6.07) is 0. The molecule has 0 atom stereocenters. The predicted molar refractivity (Wildman–Crippen MR) is 50.6 cm³/mol. The van der Waals surface area contributed by atoms with E-state index in [1.807, 2.05) is 0 Å². The van der Waals surface area contributed by atoms with E-state index in [-0.39, 0.29) is 6.61 Å². The molecule has 1 aliphatic carbocycles. The first-order valence-corrected chi connectivity index (χ1v) is 5.51. The van der Waals surface area contributed by atoms with Crippen molar-refractivity contribution in [1.29, 1.82) is 0 Å². The molecule has 1 heteroatoms. The molecule has 0 aromatic rings. The fourth-order valence-corrected chi connectivity index (χ4v) is 2.20. The van der Waals surface area contributed by atoms with Gasteiger partial charge in [0.25, 0.3) is 0 Å². The van der Waals surface area contributed by atoms with Crippen molar-refractivity contribution in [2.24, 2.45) is 5.92 Å². The average Bonchev–Trinajstić information content (AvgIpc) is 2.02. The zero-order valence-electron chi connectivity index (χ0n) is 8.06. The molecule has 1 aliphatic rings. The first kappa shape index (κ1) is 10.0. The Labute approximate surface area is 76.2 Å². The third kappa shape index (κ3) is 4.10. The molecule has 0 N–H and O–H groups in total. The van der Waals surface area contributed by atoms with Gasteiger partial charge in [0, 0.05) is 0 Å². The third-order valence-corrected chi connectivity index (χ3v) is 2.98. The summed E-state index contributed by atoms with van der Waals surface area (Å²) in [6.45, 7) is 0.135. The highest BCUT2D eigenvalue weighted by Crippen LogP contribution is 2.25. The van der Waals surface area contributed by atoms with Gasteiger partial charge in [-0.15, -0.1) is 0 Å². The summed E-state index contributed by atoms with van der Waals surface area (Å²) in [5, 5.41) is 10.3. The molecule has 0 unspecified atom stereocenters. The molecule has 0 bridgehead atoms. The van der Waals surface area contributed by atoms with Gasteiger partial charge in [-0.25, -0.2) is 5.11 Å². The summed E-state index contributed by atoms with van der Waals surface area (Å²) in [7, 11) is 0. The lowest BCUT2D eigenvalue weighted by Crippen LogP contribution is -2.04. The van der Waals surface area contributed by atoms with Crippen LogP contribution in [-0.2, 0) is 5.11 Å². The van der Waals surface area contributed by atoms with Gasteiger partial charge in [0.15, 0.2) is 0 Å². The normalized spacial score (nSPS) is 21.8. The highest BCUT2D eigenvalue weighted by molar-refractivity contribution is 4.63. The van der Waals surface area contributed by atoms with E-state index in [9.17, 15) is 5.11 Å². The summed E-state index contributed by atoms with van der Waals surface area (Å²) in [5.41, 5.74) is 0. The zero-order chi connectivity index (χ0) is 8.65. The summed E-state index contributed by atoms with van der Waals surface area (Å²) in [5.74, 6) is 0.888. The molecule has 0 amide bonds. The molecule has 0 aromatic heterocycles. The Bertz CT molecular complexity index is 90.4. The summed E-state index contributed by atoms with van der Waals surface area (Å²) >= 11 is 0. The summed E-state index contributed by atoms with van der Waals surface area (Å²) in [6.07, 6.45) is 12.0. The molecule has 0 spiro atoms. The second-order valence-electron chi connectivity index (χ2n) is 4.06. The molecular formula is C11H21O. The minimum absolute atomic E-state index is 0.135. The SMILES string of the molecule is [O]CCCC1CCCCCCC1. The standard InChI is InChI=1S/C11H21O/c12-10-6-9-11-7-4-2-1-3-5-8-11/h11H,1-10H2. The maximum atomic E-state index is 10.3. The molecule has 1 radical (unpaired) electrons. The van der Waals surface area contributed by atoms with Gasteiger partial charge in [0.2, 0.25) is 0 Å². The fraction of sp³-hybridized carbons (Fsp3) is 1.00. The second kappa shape index (κ2) is 6.47. The quantitative estimate of drug-likeness (QED) is 0.615. The van der Waals surface area contributed by atoms with Crippen LogP contribution >= 0.6 is 0 Å². The smallest absolute Gasteiger partial charge is 0.0822 e. The van der Waals surface area contributed by atoms with Crippen molar-refractivity contribution in [3.8, 4) is 0 Å². The summed E-state index contributed by atoms with van der Waals surface area (Å²) < 4.78 is 0. The predicted octanol–water partition coefficient (Wildman–Crippen LogP) is 3.56. The van der Waals surface area contributed by atoms with Crippen LogP contribution in [-0.4, -0.2) is 6.61 Å². The Morgan fingerprint density at radius 3 is 2.08 bits per heavy atom. The molecule has 0 heterocycles. The van der Waals surface area contributed by atoms with Gasteiger partial charge in [-0.2, -0.15) is 0 Å². The first-order chi connectivity index (χ1) is 5.93. The molecule has 1 rings (SSSR count). The number of hydrogen-bond donors (Lipinski definition) is 0. The van der Waals surface area contributed by atoms with E-state index in [1.54, 1.807) is 0 Å². The Morgan fingerprint density at radius 1 is 0.917 bits per heavy atom. The Balaban J connectivity index is 2.11. The molecule has 0 saturated heterocycles. The van der Waals surface area contributed by atoms with Crippen LogP contribution in [0.15, 0.2) is 0 Å². The highest BCUT2D eigenvalue weighted by atomic mass is 16.2. The van der Waals surface area contributed by atoms with Crippen LogP contribution in [0.25, 0.3) is 0 Å². The maximum Gasteiger partial charge on any atom is 0.0822 e. The minimum Gasteiger partial charge on any atom is -0.237 e. The van der Waals surface area contributed by atoms with Gasteiger partial charge in [0.05, 0.1) is 6.61 Å². The minimum atomic E-state index is 0.135. The van der Waals surface area contributed by atoms with Gasteiger partial charge in [-0.1, -0.05) is 44.9 Å². The van der Waals surface area contributed by atoms with E-state index < -0.39 is 0 Å².